The summed E-state index contributed by atoms with van der Waals surface area (Å²) in [6, 6.07) is 0. The lowest BCUT2D eigenvalue weighted by atomic mass is 9.46. The fraction of sp³-hybridized carbons (Fsp3) is 0.667. The number of ketones is 2. The number of amides is 1. The van der Waals surface area contributed by atoms with Crippen molar-refractivity contribution in [2.75, 3.05) is 6.61 Å². The molecule has 0 saturated heterocycles. The third-order valence-electron chi connectivity index (χ3n) is 8.68. The molecular formula is C24H31NO6. The monoisotopic (exact) mass is 429 g/mol. The molecule has 168 valence electrons. The SMILES string of the molecule is CC(=O)OCC(=O)[C@H]1[C@H](C(N)=O)C[C@H]2[C@@H]3CCC4=CC(=O)C=C[C@]4(C)[C@H]3[C@@H](O)C[C@@]21C. The molecule has 0 aromatic rings. The highest BCUT2D eigenvalue weighted by molar-refractivity contribution is 6.01. The zero-order chi connectivity index (χ0) is 22.7. The minimum atomic E-state index is -0.687. The first-order chi connectivity index (χ1) is 14.5. The minimum Gasteiger partial charge on any atom is -0.458 e. The van der Waals surface area contributed by atoms with E-state index in [1.54, 1.807) is 12.2 Å². The molecule has 0 radical (unpaired) electrons. The van der Waals surface area contributed by atoms with Gasteiger partial charge in [0.1, 0.15) is 6.61 Å². The van der Waals surface area contributed by atoms with Crippen molar-refractivity contribution >= 4 is 23.4 Å². The van der Waals surface area contributed by atoms with E-state index in [-0.39, 0.29) is 35.9 Å². The molecule has 4 rings (SSSR count). The van der Waals surface area contributed by atoms with Crippen molar-refractivity contribution < 1.29 is 29.0 Å². The molecule has 8 atom stereocenters. The average molecular weight is 430 g/mol. The van der Waals surface area contributed by atoms with Crippen LogP contribution in [0.25, 0.3) is 0 Å². The predicted octanol–water partition coefficient (Wildman–Crippen LogP) is 1.72. The molecule has 7 nitrogen and oxygen atoms in total. The van der Waals surface area contributed by atoms with E-state index < -0.39 is 40.6 Å². The first kappa shape index (κ1) is 21.9. The molecule has 31 heavy (non-hydrogen) atoms. The average Bonchev–Trinajstić information content (AvgIpc) is 2.99. The molecule has 0 heterocycles. The summed E-state index contributed by atoms with van der Waals surface area (Å²) in [6.45, 7) is 4.91. The van der Waals surface area contributed by atoms with Gasteiger partial charge in [-0.3, -0.25) is 19.2 Å². The lowest BCUT2D eigenvalue weighted by Crippen LogP contribution is -2.56. The number of Topliss-reactive ketones (excluding diaryl/α,β-unsaturated/α-hetero) is 1. The normalized spacial score (nSPS) is 43.4. The number of carbonyl (C=O) groups excluding carboxylic acids is 4. The van der Waals surface area contributed by atoms with Gasteiger partial charge >= 0.3 is 5.97 Å². The van der Waals surface area contributed by atoms with E-state index in [1.807, 2.05) is 13.0 Å². The van der Waals surface area contributed by atoms with E-state index in [4.69, 9.17) is 10.5 Å². The van der Waals surface area contributed by atoms with Crippen molar-refractivity contribution in [3.8, 4) is 0 Å². The van der Waals surface area contributed by atoms with Crippen LogP contribution in [0.1, 0.15) is 46.5 Å². The fourth-order valence-corrected chi connectivity index (χ4v) is 7.51. The first-order valence-electron chi connectivity index (χ1n) is 11.1. The highest BCUT2D eigenvalue weighted by Crippen LogP contribution is 2.67. The molecular weight excluding hydrogens is 398 g/mol. The molecule has 0 bridgehead atoms. The van der Waals surface area contributed by atoms with Gasteiger partial charge in [0.15, 0.2) is 11.6 Å². The van der Waals surface area contributed by atoms with Gasteiger partial charge in [-0.1, -0.05) is 25.5 Å². The Morgan fingerprint density at radius 3 is 2.65 bits per heavy atom. The summed E-state index contributed by atoms with van der Waals surface area (Å²) in [6.07, 6.45) is 6.92. The Morgan fingerprint density at radius 2 is 2.00 bits per heavy atom. The number of primary amides is 1. The van der Waals surface area contributed by atoms with Crippen LogP contribution in [0.2, 0.25) is 0 Å². The molecule has 0 unspecified atom stereocenters. The summed E-state index contributed by atoms with van der Waals surface area (Å²) in [5, 5.41) is 11.4. The zero-order valence-corrected chi connectivity index (χ0v) is 18.3. The second-order valence-electron chi connectivity index (χ2n) is 10.3. The lowest BCUT2D eigenvalue weighted by molar-refractivity contribution is -0.153. The van der Waals surface area contributed by atoms with Gasteiger partial charge in [-0.05, 0) is 55.1 Å². The highest BCUT2D eigenvalue weighted by atomic mass is 16.5. The zero-order valence-electron chi connectivity index (χ0n) is 18.3. The van der Waals surface area contributed by atoms with E-state index in [9.17, 15) is 24.3 Å². The number of nitrogens with two attached hydrogens (primary N) is 1. The maximum Gasteiger partial charge on any atom is 0.303 e. The number of ether oxygens (including phenoxy) is 1. The minimum absolute atomic E-state index is 0.0214. The van der Waals surface area contributed by atoms with Gasteiger partial charge in [-0.25, -0.2) is 0 Å². The molecule has 3 fully saturated rings. The van der Waals surface area contributed by atoms with Crippen LogP contribution in [-0.2, 0) is 23.9 Å². The molecule has 0 aromatic heterocycles. The molecule has 3 saturated carbocycles. The number of carbonyl (C=O) groups is 4. The van der Waals surface area contributed by atoms with Gasteiger partial charge < -0.3 is 15.6 Å². The molecule has 7 heteroatoms. The Bertz CT molecular complexity index is 906. The fourth-order valence-electron chi connectivity index (χ4n) is 7.51. The Kier molecular flexibility index (Phi) is 5.23. The molecule has 3 N–H and O–H groups in total. The van der Waals surface area contributed by atoms with Crippen molar-refractivity contribution in [1.82, 2.24) is 0 Å². The standard InChI is InChI=1S/C24H31NO6/c1-12(26)31-11-19(29)21-16(22(25)30)9-17-15-5-4-13-8-14(27)6-7-23(13,2)20(15)18(28)10-24(17,21)3/h6-8,15-18,20-21,28H,4-5,9-11H2,1-3H3,(H2,25,30)/t15-,16+,17-,18-,20+,21+,23-,24-/m0/s1. The molecule has 1 amide bonds. The molecule has 4 aliphatic rings. The van der Waals surface area contributed by atoms with Gasteiger partial charge in [0.05, 0.1) is 6.10 Å². The summed E-state index contributed by atoms with van der Waals surface area (Å²) in [5.74, 6) is -2.68. The van der Waals surface area contributed by atoms with E-state index in [1.165, 1.54) is 6.92 Å². The van der Waals surface area contributed by atoms with E-state index in [0.717, 1.165) is 18.4 Å². The van der Waals surface area contributed by atoms with Crippen LogP contribution < -0.4 is 5.73 Å². The number of aliphatic hydroxyl groups is 1. The first-order valence-corrected chi connectivity index (χ1v) is 11.1. The van der Waals surface area contributed by atoms with Crippen LogP contribution in [0.4, 0.5) is 0 Å². The van der Waals surface area contributed by atoms with Crippen LogP contribution in [0.15, 0.2) is 23.8 Å². The summed E-state index contributed by atoms with van der Waals surface area (Å²) in [4.78, 5) is 48.6. The summed E-state index contributed by atoms with van der Waals surface area (Å²) >= 11 is 0. The summed E-state index contributed by atoms with van der Waals surface area (Å²) < 4.78 is 4.95. The topological polar surface area (TPSA) is 124 Å². The van der Waals surface area contributed by atoms with Crippen LogP contribution >= 0.6 is 0 Å². The van der Waals surface area contributed by atoms with Crippen LogP contribution in [0.5, 0.6) is 0 Å². The lowest BCUT2D eigenvalue weighted by Gasteiger charge is -2.58. The van der Waals surface area contributed by atoms with E-state index in [2.05, 4.69) is 6.92 Å². The maximum absolute atomic E-state index is 13.1. The Hall–Kier alpha value is -2.28. The summed E-state index contributed by atoms with van der Waals surface area (Å²) in [7, 11) is 0. The van der Waals surface area contributed by atoms with Crippen LogP contribution in [0, 0.1) is 40.4 Å². The van der Waals surface area contributed by atoms with Gasteiger partial charge in [-0.2, -0.15) is 0 Å². The Morgan fingerprint density at radius 1 is 1.29 bits per heavy atom. The Balaban J connectivity index is 1.71. The van der Waals surface area contributed by atoms with Crippen molar-refractivity contribution in [2.45, 2.75) is 52.6 Å². The van der Waals surface area contributed by atoms with Crippen molar-refractivity contribution in [2.24, 2.45) is 46.2 Å². The van der Waals surface area contributed by atoms with E-state index >= 15 is 0 Å². The van der Waals surface area contributed by atoms with Crippen molar-refractivity contribution in [3.63, 3.8) is 0 Å². The van der Waals surface area contributed by atoms with Crippen molar-refractivity contribution in [1.29, 1.82) is 0 Å². The quantitative estimate of drug-likeness (QED) is 0.656. The third-order valence-corrected chi connectivity index (χ3v) is 8.68. The van der Waals surface area contributed by atoms with Gasteiger partial charge in [0.2, 0.25) is 5.91 Å². The predicted molar refractivity (Wildman–Crippen MR) is 111 cm³/mol. The molecule has 0 spiro atoms. The second-order valence-corrected chi connectivity index (χ2v) is 10.3. The van der Waals surface area contributed by atoms with Gasteiger partial charge in [0, 0.05) is 30.1 Å². The number of esters is 1. The van der Waals surface area contributed by atoms with E-state index in [0.29, 0.717) is 12.8 Å². The summed E-state index contributed by atoms with van der Waals surface area (Å²) in [5.41, 5.74) is 5.75. The number of fused-ring (bicyclic) bond motifs is 5. The number of aliphatic hydroxyl groups excluding tert-OH is 1. The number of hydrogen-bond acceptors (Lipinski definition) is 6. The number of allylic oxidation sites excluding steroid dienone is 4. The van der Waals surface area contributed by atoms with Gasteiger partial charge in [-0.15, -0.1) is 0 Å². The smallest absolute Gasteiger partial charge is 0.303 e. The van der Waals surface area contributed by atoms with Crippen LogP contribution in [-0.4, -0.2) is 41.3 Å². The Labute approximate surface area is 182 Å². The maximum atomic E-state index is 13.1. The van der Waals surface area contributed by atoms with Gasteiger partial charge in [0.25, 0.3) is 0 Å². The number of rotatable bonds is 4. The molecule has 0 aliphatic heterocycles. The number of hydrogen-bond donors (Lipinski definition) is 2. The largest absolute Gasteiger partial charge is 0.458 e. The molecule has 0 aromatic carbocycles. The third kappa shape index (κ3) is 3.28. The molecule has 4 aliphatic carbocycles. The second kappa shape index (κ2) is 7.40. The van der Waals surface area contributed by atoms with Crippen LogP contribution in [0.3, 0.4) is 0 Å². The van der Waals surface area contributed by atoms with Crippen molar-refractivity contribution in [3.05, 3.63) is 23.8 Å². The highest BCUT2D eigenvalue weighted by Gasteiger charge is 2.65.